The van der Waals surface area contributed by atoms with Gasteiger partial charge in [0.25, 0.3) is 0 Å². The molecule has 137 heavy (non-hydrogen) atoms. The molecule has 0 unspecified atom stereocenters. The van der Waals surface area contributed by atoms with Gasteiger partial charge in [-0.2, -0.15) is 0 Å². The van der Waals surface area contributed by atoms with Crippen molar-refractivity contribution < 1.29 is 81.8 Å². The van der Waals surface area contributed by atoms with Crippen LogP contribution in [0.4, 0.5) is 0 Å². The summed E-state index contributed by atoms with van der Waals surface area (Å²) in [5.41, 5.74) is 53.9. The molecule has 0 radical (unpaired) electrons. The van der Waals surface area contributed by atoms with Gasteiger partial charge in [-0.05, 0) is 305 Å². The van der Waals surface area contributed by atoms with Crippen molar-refractivity contribution in [2.45, 2.75) is 413 Å². The summed E-state index contributed by atoms with van der Waals surface area (Å²) in [5, 5.41) is 51.9. The molecule has 34 N–H and O–H groups in total. The number of carboxylic acids is 1. The summed E-state index contributed by atoms with van der Waals surface area (Å²) in [4.78, 5) is 231. The zero-order valence-electron chi connectivity index (χ0n) is 85.8. The Bertz CT molecular complexity index is 3540. The van der Waals surface area contributed by atoms with E-state index in [0.717, 1.165) is 0 Å². The third-order valence-corrected chi connectivity index (χ3v) is 23.1. The zero-order valence-corrected chi connectivity index (χ0v) is 85.8. The van der Waals surface area contributed by atoms with Gasteiger partial charge < -0.3 is 136 Å². The molecule has 0 aromatic heterocycles. The number of unbranched alkanes of at least 4 members (excludes halogenated alkanes) is 8. The van der Waals surface area contributed by atoms with E-state index in [2.05, 4.69) is 79.8 Å². The summed E-state index contributed by atoms with van der Waals surface area (Å²) in [5.74, 6) is -13.2. The van der Waals surface area contributed by atoms with Crippen molar-refractivity contribution in [1.29, 1.82) is 0 Å². The molecule has 0 aromatic carbocycles. The van der Waals surface area contributed by atoms with Gasteiger partial charge in [-0.15, -0.1) is 0 Å². The van der Waals surface area contributed by atoms with Crippen molar-refractivity contribution in [3.8, 4) is 0 Å². The fraction of sp³-hybridized carbons (Fsp3) is 0.833. The Morgan fingerprint density at radius 1 is 0.168 bits per heavy atom. The normalized spacial score (nSPS) is 15.2. The standard InChI is InChI=1S/C96H186N24O17/c1-57(2)49-65(105)81(121)114-74(50-58(3)4)91(131)117-77(53-61(9)10)93(133)116-75(51-59(5)6)90(130)113-72(39-23-31-47-103)88(128)111-70(37-21-29-45-101)86(126)109-68(35-19-27-43-99)84(124)107-66(33-17-25-41-97)82(122)106-67(34-18-26-42-98)83(123)108-69(36-20-28-44-100)85(125)110-71(38-22-30-46-102)87(127)112-73(40-24-32-48-104)89(129)115-76(52-60(7)8)92(132)118-78(54-62(11)12)94(134)119-79(55-63(13)14)95(135)120-80(96(136)137)56-64(15)16/h57-80H,17-56,97-105H2,1-16H3,(H,106,122)(H,107,124)(H,108,123)(H,109,126)(H,110,125)(H,111,128)(H,112,127)(H,113,130)(H,114,121)(H,115,129)(H,116,133)(H,117,131)(H,118,132)(H,119,134)(H,120,135)(H,136,137)/t65-,66-,67-,68-,69-,70-,71-,72-,73-,74-,75-,76-,77-,78-,79-,80-/m1/s1. The van der Waals surface area contributed by atoms with Crippen LogP contribution in [0, 0.1) is 47.3 Å². The Hall–Kier alpha value is -8.84. The lowest BCUT2D eigenvalue weighted by molar-refractivity contribution is -0.143. The predicted molar refractivity (Wildman–Crippen MR) is 533 cm³/mol. The minimum Gasteiger partial charge on any atom is -0.480 e. The highest BCUT2D eigenvalue weighted by Crippen LogP contribution is 2.20. The molecule has 0 rings (SSSR count). The SMILES string of the molecule is CC(C)C[C@@H](N)C(=O)N[C@H](CC(C)C)C(=O)N[C@H](CC(C)C)C(=O)N[C@H](CC(C)C)C(=O)N[C@H](CCCCN)C(=O)N[C@H](CCCCN)C(=O)N[C@H](CCCCN)C(=O)N[C@H](CCCCN)C(=O)N[C@H](CCCCN)C(=O)N[C@H](CCCCN)C(=O)N[C@H](CCCCN)C(=O)N[C@H](CCCCN)C(=O)N[C@H](CC(C)C)C(=O)N[C@H](CC(C)C)C(=O)N[C@H](CC(C)C)C(=O)N[C@H](CC(C)C)C(=O)O. The second-order valence-electron chi connectivity index (χ2n) is 40.2. The molecular formula is C96H186N24O17. The van der Waals surface area contributed by atoms with Crippen LogP contribution in [0.3, 0.4) is 0 Å². The largest absolute Gasteiger partial charge is 0.480 e. The first-order chi connectivity index (χ1) is 64.7. The van der Waals surface area contributed by atoms with Crippen molar-refractivity contribution in [3.05, 3.63) is 0 Å². The number of hydrogen-bond donors (Lipinski definition) is 25. The molecule has 15 amide bonds. The van der Waals surface area contributed by atoms with Crippen molar-refractivity contribution in [2.75, 3.05) is 52.4 Å². The molecule has 0 saturated heterocycles. The molecule has 792 valence electrons. The lowest BCUT2D eigenvalue weighted by Gasteiger charge is -2.29. The fourth-order valence-electron chi connectivity index (χ4n) is 15.7. The van der Waals surface area contributed by atoms with Crippen molar-refractivity contribution in [1.82, 2.24) is 79.8 Å². The van der Waals surface area contributed by atoms with E-state index in [-0.39, 0.29) is 196 Å². The summed E-state index contributed by atoms with van der Waals surface area (Å²) < 4.78 is 0. The average Bonchev–Trinajstić information content (AvgIpc) is 0.858. The van der Waals surface area contributed by atoms with Crippen LogP contribution in [-0.4, -0.2) is 249 Å². The highest BCUT2D eigenvalue weighted by molar-refractivity contribution is 6.01. The first kappa shape index (κ1) is 128. The molecule has 41 nitrogen and oxygen atoms in total. The van der Waals surface area contributed by atoms with Crippen LogP contribution in [0.5, 0.6) is 0 Å². The predicted octanol–water partition coefficient (Wildman–Crippen LogP) is 1.07. The molecule has 0 fully saturated rings. The third kappa shape index (κ3) is 56.9. The number of carbonyl (C=O) groups excluding carboxylic acids is 15. The van der Waals surface area contributed by atoms with Crippen LogP contribution in [0.15, 0.2) is 0 Å². The number of nitrogens with one attached hydrogen (secondary N) is 15. The Labute approximate surface area is 816 Å². The molecular weight excluding hydrogens is 1760 g/mol. The Balaban J connectivity index is 7.69. The summed E-state index contributed by atoms with van der Waals surface area (Å²) in [6.45, 7) is 31.4. The summed E-state index contributed by atoms with van der Waals surface area (Å²) in [7, 11) is 0. The van der Waals surface area contributed by atoms with Crippen molar-refractivity contribution in [2.24, 2.45) is 98.9 Å². The molecule has 0 bridgehead atoms. The van der Waals surface area contributed by atoms with E-state index in [1.54, 1.807) is 0 Å². The molecule has 0 aliphatic carbocycles. The van der Waals surface area contributed by atoms with E-state index in [0.29, 0.717) is 109 Å². The smallest absolute Gasteiger partial charge is 0.326 e. The molecule has 0 aliphatic rings. The maximum absolute atomic E-state index is 15.0. The van der Waals surface area contributed by atoms with Gasteiger partial charge >= 0.3 is 5.97 Å². The van der Waals surface area contributed by atoms with Gasteiger partial charge in [0.05, 0.1) is 6.04 Å². The second-order valence-corrected chi connectivity index (χ2v) is 40.2. The maximum atomic E-state index is 15.0. The first-order valence-corrected chi connectivity index (χ1v) is 50.8. The maximum Gasteiger partial charge on any atom is 0.326 e. The van der Waals surface area contributed by atoms with E-state index in [1.807, 2.05) is 111 Å². The summed E-state index contributed by atoms with van der Waals surface area (Å²) in [6.07, 6.45) is 7.06. The lowest BCUT2D eigenvalue weighted by atomic mass is 9.98. The fourth-order valence-corrected chi connectivity index (χ4v) is 15.7. The van der Waals surface area contributed by atoms with Crippen LogP contribution in [0.25, 0.3) is 0 Å². The summed E-state index contributed by atoms with van der Waals surface area (Å²) in [6, 6.07) is -20.0. The minimum atomic E-state index is -1.38. The van der Waals surface area contributed by atoms with Gasteiger partial charge in [0.15, 0.2) is 0 Å². The van der Waals surface area contributed by atoms with Crippen LogP contribution >= 0.6 is 0 Å². The Morgan fingerprint density at radius 3 is 0.401 bits per heavy atom. The number of carbonyl (C=O) groups is 16. The molecule has 0 spiro atoms. The second kappa shape index (κ2) is 73.3. The highest BCUT2D eigenvalue weighted by atomic mass is 16.4. The van der Waals surface area contributed by atoms with Crippen LogP contribution in [-0.2, 0) is 76.7 Å². The minimum absolute atomic E-state index is 0.00154. The van der Waals surface area contributed by atoms with Crippen LogP contribution in [0.2, 0.25) is 0 Å². The van der Waals surface area contributed by atoms with Gasteiger partial charge in [-0.3, -0.25) is 71.9 Å². The van der Waals surface area contributed by atoms with Crippen LogP contribution < -0.4 is 131 Å². The number of rotatable bonds is 79. The highest BCUT2D eigenvalue weighted by Gasteiger charge is 2.40. The third-order valence-electron chi connectivity index (χ3n) is 23.1. The lowest BCUT2D eigenvalue weighted by Crippen LogP contribution is -2.61. The topological polar surface area (TPSA) is 708 Å². The van der Waals surface area contributed by atoms with Gasteiger partial charge in [0.1, 0.15) is 90.6 Å². The molecule has 0 heterocycles. The summed E-state index contributed by atoms with van der Waals surface area (Å²) >= 11 is 0. The molecule has 16 atom stereocenters. The Kier molecular flexibility index (Phi) is 68.6. The molecule has 0 aliphatic heterocycles. The van der Waals surface area contributed by atoms with E-state index in [9.17, 15) is 67.4 Å². The number of aliphatic carboxylic acids is 1. The van der Waals surface area contributed by atoms with Gasteiger partial charge in [0, 0.05) is 0 Å². The van der Waals surface area contributed by atoms with E-state index in [1.165, 1.54) is 0 Å². The molecule has 0 aromatic rings. The Morgan fingerprint density at radius 2 is 0.277 bits per heavy atom. The quantitative estimate of drug-likeness (QED) is 0.0379. The average molecular weight is 1950 g/mol. The molecule has 0 saturated carbocycles. The van der Waals surface area contributed by atoms with Gasteiger partial charge in [0.2, 0.25) is 88.6 Å². The van der Waals surface area contributed by atoms with E-state index >= 15 is 14.4 Å². The monoisotopic (exact) mass is 1950 g/mol. The van der Waals surface area contributed by atoms with E-state index < -0.39 is 191 Å². The van der Waals surface area contributed by atoms with E-state index in [4.69, 9.17) is 51.6 Å². The van der Waals surface area contributed by atoms with Gasteiger partial charge in [-0.25, -0.2) is 4.79 Å². The van der Waals surface area contributed by atoms with Crippen molar-refractivity contribution in [3.63, 3.8) is 0 Å². The number of amides is 15. The number of hydrogen-bond acceptors (Lipinski definition) is 25. The van der Waals surface area contributed by atoms with Gasteiger partial charge in [-0.1, -0.05) is 111 Å². The number of nitrogens with two attached hydrogens (primary N) is 9. The molecule has 41 heteroatoms. The number of carboxylic acid groups (broad SMARTS) is 1. The first-order valence-electron chi connectivity index (χ1n) is 50.8. The van der Waals surface area contributed by atoms with Crippen molar-refractivity contribution >= 4 is 94.6 Å². The van der Waals surface area contributed by atoms with Crippen LogP contribution in [0.1, 0.15) is 316 Å². The zero-order chi connectivity index (χ0) is 104.